The molecule has 6 nitrogen and oxygen atoms in total. The molecule has 0 unspecified atom stereocenters. The van der Waals surface area contributed by atoms with Gasteiger partial charge in [-0.2, -0.15) is 18.4 Å². The molecule has 0 aliphatic rings. The first-order chi connectivity index (χ1) is 13.2. The van der Waals surface area contributed by atoms with Crippen LogP contribution in [-0.2, 0) is 6.18 Å². The molecule has 0 bridgehead atoms. The zero-order valence-electron chi connectivity index (χ0n) is 14.1. The molecule has 0 aliphatic carbocycles. The number of hydrogen-bond donors (Lipinski definition) is 1. The Hall–Kier alpha value is -3.93. The highest BCUT2D eigenvalue weighted by Crippen LogP contribution is 2.36. The predicted octanol–water partition coefficient (Wildman–Crippen LogP) is 4.80. The van der Waals surface area contributed by atoms with Gasteiger partial charge in [0, 0.05) is 11.6 Å². The first-order valence-electron chi connectivity index (χ1n) is 7.84. The average Bonchev–Trinajstić information content (AvgIpc) is 2.66. The van der Waals surface area contributed by atoms with E-state index in [0.29, 0.717) is 5.56 Å². The summed E-state index contributed by atoms with van der Waals surface area (Å²) in [5, 5.41) is 20.7. The third-order valence-electron chi connectivity index (χ3n) is 4.06. The smallest absolute Gasteiger partial charge is 0.383 e. The second kappa shape index (κ2) is 7.00. The number of benzene rings is 2. The highest BCUT2D eigenvalue weighted by Gasteiger charge is 2.30. The van der Waals surface area contributed by atoms with Gasteiger partial charge < -0.3 is 5.73 Å². The topological polar surface area (TPSA) is 106 Å². The monoisotopic (exact) mass is 384 g/mol. The minimum absolute atomic E-state index is 0.0258. The Labute approximate surface area is 156 Å². The van der Waals surface area contributed by atoms with Crippen LogP contribution in [0.5, 0.6) is 0 Å². The normalized spacial score (nSPS) is 11.1. The second-order valence-electron chi connectivity index (χ2n) is 5.78. The van der Waals surface area contributed by atoms with Crippen molar-refractivity contribution in [3.63, 3.8) is 0 Å². The van der Waals surface area contributed by atoms with Gasteiger partial charge in [-0.1, -0.05) is 24.3 Å². The van der Waals surface area contributed by atoms with Crippen LogP contribution in [-0.4, -0.2) is 9.91 Å². The zero-order valence-corrected chi connectivity index (χ0v) is 14.1. The molecular weight excluding hydrogens is 373 g/mol. The maximum absolute atomic E-state index is 12.8. The molecule has 0 saturated carbocycles. The van der Waals surface area contributed by atoms with Crippen molar-refractivity contribution in [1.82, 2.24) is 4.98 Å². The largest absolute Gasteiger partial charge is 0.416 e. The molecular formula is C19H11F3N4O2. The third kappa shape index (κ3) is 3.48. The van der Waals surface area contributed by atoms with Crippen molar-refractivity contribution in [2.24, 2.45) is 0 Å². The molecule has 140 valence electrons. The maximum Gasteiger partial charge on any atom is 0.416 e. The van der Waals surface area contributed by atoms with Crippen molar-refractivity contribution in [2.45, 2.75) is 6.18 Å². The van der Waals surface area contributed by atoms with E-state index >= 15 is 0 Å². The van der Waals surface area contributed by atoms with Crippen LogP contribution in [0.25, 0.3) is 22.4 Å². The summed E-state index contributed by atoms with van der Waals surface area (Å²) in [4.78, 5) is 14.8. The predicted molar refractivity (Wildman–Crippen MR) is 95.9 cm³/mol. The number of nitrogens with two attached hydrogens (primary N) is 1. The lowest BCUT2D eigenvalue weighted by Crippen LogP contribution is -2.04. The summed E-state index contributed by atoms with van der Waals surface area (Å²) in [6, 6.07) is 13.3. The van der Waals surface area contributed by atoms with Crippen LogP contribution in [0.4, 0.5) is 24.7 Å². The van der Waals surface area contributed by atoms with Gasteiger partial charge in [-0.15, -0.1) is 0 Å². The van der Waals surface area contributed by atoms with Crippen LogP contribution in [0.2, 0.25) is 0 Å². The highest BCUT2D eigenvalue weighted by molar-refractivity contribution is 5.82. The highest BCUT2D eigenvalue weighted by atomic mass is 19.4. The first-order valence-corrected chi connectivity index (χ1v) is 7.84. The molecule has 0 aliphatic heterocycles. The first kappa shape index (κ1) is 18.8. The lowest BCUT2D eigenvalue weighted by molar-refractivity contribution is -0.384. The van der Waals surface area contributed by atoms with Crippen LogP contribution in [0.3, 0.4) is 0 Å². The summed E-state index contributed by atoms with van der Waals surface area (Å²) in [5.74, 6) is -0.173. The Balaban J connectivity index is 2.21. The molecule has 3 rings (SSSR count). The Kier molecular flexibility index (Phi) is 4.71. The van der Waals surface area contributed by atoms with Crippen molar-refractivity contribution in [1.29, 1.82) is 5.26 Å². The number of nitro groups is 1. The van der Waals surface area contributed by atoms with Crippen LogP contribution < -0.4 is 5.73 Å². The summed E-state index contributed by atoms with van der Waals surface area (Å²) in [7, 11) is 0. The molecule has 0 saturated heterocycles. The molecule has 3 aromatic rings. The maximum atomic E-state index is 12.8. The number of nitrogen functional groups attached to an aromatic ring is 1. The zero-order chi connectivity index (χ0) is 20.5. The minimum atomic E-state index is -4.50. The molecule has 28 heavy (non-hydrogen) atoms. The van der Waals surface area contributed by atoms with Crippen molar-refractivity contribution in [3.05, 3.63) is 75.8 Å². The van der Waals surface area contributed by atoms with Gasteiger partial charge in [-0.3, -0.25) is 10.1 Å². The Morgan fingerprint density at radius 2 is 1.71 bits per heavy atom. The number of halogens is 3. The Morgan fingerprint density at radius 3 is 2.29 bits per heavy atom. The standard InChI is InChI=1S/C19H11F3N4O2/c20-19(21,22)12-7-5-11(6-8-12)14-9-16(25-18(24)15(14)10-23)13-3-1-2-4-17(13)26(27)28/h1-9H,(H2,24,25). The molecule has 0 fully saturated rings. The summed E-state index contributed by atoms with van der Waals surface area (Å²) < 4.78 is 38.4. The molecule has 1 aromatic heterocycles. The second-order valence-corrected chi connectivity index (χ2v) is 5.78. The molecule has 1 heterocycles. The molecule has 2 N–H and O–H groups in total. The van der Waals surface area contributed by atoms with Crippen LogP contribution in [0.15, 0.2) is 54.6 Å². The van der Waals surface area contributed by atoms with Gasteiger partial charge in [0.2, 0.25) is 0 Å². The van der Waals surface area contributed by atoms with Crippen LogP contribution in [0, 0.1) is 21.4 Å². The van der Waals surface area contributed by atoms with Crippen molar-refractivity contribution < 1.29 is 18.1 Å². The van der Waals surface area contributed by atoms with E-state index in [2.05, 4.69) is 4.98 Å². The van der Waals surface area contributed by atoms with E-state index in [1.165, 1.54) is 36.4 Å². The van der Waals surface area contributed by atoms with Crippen molar-refractivity contribution in [2.75, 3.05) is 5.73 Å². The number of rotatable bonds is 3. The summed E-state index contributed by atoms with van der Waals surface area (Å²) in [6.07, 6.45) is -4.50. The number of nitrogens with zero attached hydrogens (tertiary/aromatic N) is 3. The van der Waals surface area contributed by atoms with Crippen LogP contribution >= 0.6 is 0 Å². The van der Waals surface area contributed by atoms with Crippen LogP contribution in [0.1, 0.15) is 11.1 Å². The fraction of sp³-hybridized carbons (Fsp3) is 0.0526. The van der Waals surface area contributed by atoms with E-state index in [4.69, 9.17) is 5.73 Å². The van der Waals surface area contributed by atoms with Gasteiger partial charge in [-0.05, 0) is 29.8 Å². The van der Waals surface area contributed by atoms with Gasteiger partial charge in [0.15, 0.2) is 0 Å². The van der Waals surface area contributed by atoms with E-state index in [1.54, 1.807) is 6.07 Å². The van der Waals surface area contributed by atoms with Gasteiger partial charge >= 0.3 is 6.18 Å². The molecule has 0 radical (unpaired) electrons. The van der Waals surface area contributed by atoms with E-state index in [0.717, 1.165) is 12.1 Å². The van der Waals surface area contributed by atoms with Gasteiger partial charge in [0.05, 0.1) is 21.7 Å². The van der Waals surface area contributed by atoms with Gasteiger partial charge in [0.25, 0.3) is 5.69 Å². The fourth-order valence-corrected chi connectivity index (χ4v) is 2.74. The fourth-order valence-electron chi connectivity index (χ4n) is 2.74. The number of nitriles is 1. The molecule has 0 amide bonds. The Bertz CT molecular complexity index is 1100. The Morgan fingerprint density at radius 1 is 1.07 bits per heavy atom. The third-order valence-corrected chi connectivity index (χ3v) is 4.06. The van der Waals surface area contributed by atoms with Crippen molar-refractivity contribution >= 4 is 11.5 Å². The summed E-state index contributed by atoms with van der Waals surface area (Å²) in [5.41, 5.74) is 5.63. The van der Waals surface area contributed by atoms with Gasteiger partial charge in [0.1, 0.15) is 17.5 Å². The van der Waals surface area contributed by atoms with Gasteiger partial charge in [-0.25, -0.2) is 4.98 Å². The summed E-state index contributed by atoms with van der Waals surface area (Å²) >= 11 is 0. The number of nitro benzene ring substituents is 1. The number of alkyl halides is 3. The lowest BCUT2D eigenvalue weighted by Gasteiger charge is -2.12. The number of anilines is 1. The molecule has 0 spiro atoms. The number of pyridine rings is 1. The summed E-state index contributed by atoms with van der Waals surface area (Å²) in [6.45, 7) is 0. The lowest BCUT2D eigenvalue weighted by atomic mass is 9.97. The number of hydrogen-bond acceptors (Lipinski definition) is 5. The van der Waals surface area contributed by atoms with E-state index < -0.39 is 16.7 Å². The van der Waals surface area contributed by atoms with E-state index in [-0.39, 0.29) is 33.9 Å². The quantitative estimate of drug-likeness (QED) is 0.516. The van der Waals surface area contributed by atoms with E-state index in [1.807, 2.05) is 6.07 Å². The molecule has 0 atom stereocenters. The number of aromatic nitrogens is 1. The van der Waals surface area contributed by atoms with E-state index in [9.17, 15) is 28.5 Å². The van der Waals surface area contributed by atoms with Crippen molar-refractivity contribution in [3.8, 4) is 28.5 Å². The molecule has 2 aromatic carbocycles. The SMILES string of the molecule is N#Cc1c(-c2ccc(C(F)(F)F)cc2)cc(-c2ccccc2[N+](=O)[O-])nc1N. The number of para-hydroxylation sites is 1. The average molecular weight is 384 g/mol. The molecule has 9 heteroatoms. The minimum Gasteiger partial charge on any atom is -0.383 e.